The summed E-state index contributed by atoms with van der Waals surface area (Å²) in [7, 11) is 0. The Morgan fingerprint density at radius 3 is 2.66 bits per heavy atom. The zero-order chi connectivity index (χ0) is 20.6. The molecule has 2 atom stereocenters. The lowest BCUT2D eigenvalue weighted by atomic mass is 10.1. The van der Waals surface area contributed by atoms with Crippen LogP contribution in [0.2, 0.25) is 5.02 Å². The minimum absolute atomic E-state index is 0.0488. The van der Waals surface area contributed by atoms with Gasteiger partial charge in [0.05, 0.1) is 5.52 Å². The standard InChI is InChI=1S/C23H25ClN2O3/c1-23(2,3)29-22(27)25-13-12-15-14-26(19-11-7-5-8-16(15)19)21-20(28-21)17-9-4-6-10-18(17)24/h4-11,14,20-21H,12-13H2,1-3H3,(H,25,27). The lowest BCUT2D eigenvalue weighted by molar-refractivity contribution is 0.0528. The van der Waals surface area contributed by atoms with E-state index < -0.39 is 11.7 Å². The molecule has 152 valence electrons. The number of amides is 1. The maximum atomic E-state index is 11.9. The summed E-state index contributed by atoms with van der Waals surface area (Å²) < 4.78 is 13.4. The van der Waals surface area contributed by atoms with Gasteiger partial charge in [-0.25, -0.2) is 4.79 Å². The largest absolute Gasteiger partial charge is 0.444 e. The molecule has 4 rings (SSSR count). The third kappa shape index (κ3) is 4.41. The van der Waals surface area contributed by atoms with Crippen molar-refractivity contribution in [1.82, 2.24) is 9.88 Å². The Bertz CT molecular complexity index is 1040. The van der Waals surface area contributed by atoms with Gasteiger partial charge in [-0.05, 0) is 44.9 Å². The number of nitrogens with zero attached hydrogens (tertiary/aromatic N) is 1. The normalized spacial score (nSPS) is 18.6. The van der Waals surface area contributed by atoms with E-state index in [0.29, 0.717) is 13.0 Å². The Morgan fingerprint density at radius 1 is 1.17 bits per heavy atom. The smallest absolute Gasteiger partial charge is 0.407 e. The molecule has 2 unspecified atom stereocenters. The molecule has 1 fully saturated rings. The second kappa shape index (κ2) is 7.73. The quantitative estimate of drug-likeness (QED) is 0.552. The van der Waals surface area contributed by atoms with Gasteiger partial charge in [0, 0.05) is 28.7 Å². The molecule has 0 radical (unpaired) electrons. The molecule has 2 heterocycles. The zero-order valence-corrected chi connectivity index (χ0v) is 17.6. The first-order valence-corrected chi connectivity index (χ1v) is 10.2. The van der Waals surface area contributed by atoms with Crippen LogP contribution in [0.5, 0.6) is 0 Å². The van der Waals surface area contributed by atoms with Gasteiger partial charge in [-0.2, -0.15) is 0 Å². The van der Waals surface area contributed by atoms with E-state index in [0.717, 1.165) is 27.1 Å². The molecule has 0 spiro atoms. The fourth-order valence-electron chi connectivity index (χ4n) is 3.55. The van der Waals surface area contributed by atoms with Crippen molar-refractivity contribution in [2.24, 2.45) is 0 Å². The second-order valence-corrected chi connectivity index (χ2v) is 8.63. The SMILES string of the molecule is CC(C)(C)OC(=O)NCCc1cn(C2OC2c2ccccc2Cl)c2ccccc12. The highest BCUT2D eigenvalue weighted by atomic mass is 35.5. The van der Waals surface area contributed by atoms with Crippen molar-refractivity contribution in [3.63, 3.8) is 0 Å². The van der Waals surface area contributed by atoms with Gasteiger partial charge in [0.25, 0.3) is 0 Å². The molecule has 2 aromatic carbocycles. The first kappa shape index (κ1) is 19.8. The van der Waals surface area contributed by atoms with E-state index in [4.69, 9.17) is 21.1 Å². The van der Waals surface area contributed by atoms with Crippen LogP contribution in [0, 0.1) is 0 Å². The maximum Gasteiger partial charge on any atom is 0.407 e. The van der Waals surface area contributed by atoms with E-state index >= 15 is 0 Å². The number of hydrogen-bond donors (Lipinski definition) is 1. The summed E-state index contributed by atoms with van der Waals surface area (Å²) in [6.07, 6.45) is 2.30. The topological polar surface area (TPSA) is 55.8 Å². The fraction of sp³-hybridized carbons (Fsp3) is 0.348. The molecule has 0 bridgehead atoms. The number of rotatable bonds is 5. The first-order chi connectivity index (χ1) is 13.8. The van der Waals surface area contributed by atoms with Crippen LogP contribution < -0.4 is 5.32 Å². The molecule has 0 aliphatic carbocycles. The summed E-state index contributed by atoms with van der Waals surface area (Å²) in [6, 6.07) is 16.0. The van der Waals surface area contributed by atoms with Gasteiger partial charge >= 0.3 is 6.09 Å². The molecule has 1 N–H and O–H groups in total. The number of halogens is 1. The van der Waals surface area contributed by atoms with Crippen LogP contribution in [-0.4, -0.2) is 22.8 Å². The molecule has 29 heavy (non-hydrogen) atoms. The zero-order valence-electron chi connectivity index (χ0n) is 16.8. The van der Waals surface area contributed by atoms with Gasteiger partial charge in [0.1, 0.15) is 11.7 Å². The average molecular weight is 413 g/mol. The van der Waals surface area contributed by atoms with Crippen LogP contribution in [0.4, 0.5) is 4.79 Å². The maximum absolute atomic E-state index is 11.9. The van der Waals surface area contributed by atoms with E-state index in [-0.39, 0.29) is 12.3 Å². The van der Waals surface area contributed by atoms with Gasteiger partial charge in [0.15, 0.2) is 6.23 Å². The molecule has 0 saturated carbocycles. The summed E-state index contributed by atoms with van der Waals surface area (Å²) in [5, 5.41) is 4.71. The fourth-order valence-corrected chi connectivity index (χ4v) is 3.79. The van der Waals surface area contributed by atoms with Crippen molar-refractivity contribution in [2.45, 2.75) is 45.1 Å². The Kier molecular flexibility index (Phi) is 5.28. The number of alkyl carbamates (subject to hydrolysis) is 1. The van der Waals surface area contributed by atoms with Gasteiger partial charge in [0.2, 0.25) is 0 Å². The van der Waals surface area contributed by atoms with E-state index in [1.54, 1.807) is 0 Å². The number of epoxide rings is 1. The lowest BCUT2D eigenvalue weighted by Crippen LogP contribution is -2.33. The number of nitrogens with one attached hydrogen (secondary N) is 1. The summed E-state index contributed by atoms with van der Waals surface area (Å²) in [5.74, 6) is 0. The van der Waals surface area contributed by atoms with Crippen LogP contribution in [0.3, 0.4) is 0 Å². The second-order valence-electron chi connectivity index (χ2n) is 8.23. The Hall–Kier alpha value is -2.50. The van der Waals surface area contributed by atoms with Gasteiger partial charge in [-0.3, -0.25) is 0 Å². The van der Waals surface area contributed by atoms with Gasteiger partial charge in [-0.15, -0.1) is 0 Å². The number of carbonyl (C=O) groups excluding carboxylic acids is 1. The molecule has 5 nitrogen and oxygen atoms in total. The lowest BCUT2D eigenvalue weighted by Gasteiger charge is -2.19. The van der Waals surface area contributed by atoms with E-state index in [1.807, 2.05) is 57.2 Å². The number of fused-ring (bicyclic) bond motifs is 1. The summed E-state index contributed by atoms with van der Waals surface area (Å²) in [6.45, 7) is 6.06. The minimum Gasteiger partial charge on any atom is -0.444 e. The summed E-state index contributed by atoms with van der Waals surface area (Å²) in [5.41, 5.74) is 2.77. The predicted octanol–water partition coefficient (Wildman–Crippen LogP) is 5.63. The Labute approximate surface area is 175 Å². The van der Waals surface area contributed by atoms with Crippen LogP contribution in [-0.2, 0) is 15.9 Å². The van der Waals surface area contributed by atoms with Crippen LogP contribution in [0.25, 0.3) is 10.9 Å². The number of aromatic nitrogens is 1. The minimum atomic E-state index is -0.503. The van der Waals surface area contributed by atoms with Crippen LogP contribution >= 0.6 is 11.6 Å². The number of benzene rings is 2. The summed E-state index contributed by atoms with van der Waals surface area (Å²) in [4.78, 5) is 11.9. The first-order valence-electron chi connectivity index (χ1n) is 9.79. The van der Waals surface area contributed by atoms with Crippen LogP contribution in [0.15, 0.2) is 54.7 Å². The highest BCUT2D eigenvalue weighted by molar-refractivity contribution is 6.31. The van der Waals surface area contributed by atoms with Gasteiger partial charge in [-0.1, -0.05) is 48.0 Å². The highest BCUT2D eigenvalue weighted by Crippen LogP contribution is 2.50. The molecular formula is C23H25ClN2O3. The van der Waals surface area contributed by atoms with Crippen molar-refractivity contribution >= 4 is 28.6 Å². The highest BCUT2D eigenvalue weighted by Gasteiger charge is 2.43. The molecule has 1 saturated heterocycles. The molecule has 6 heteroatoms. The molecule has 1 aromatic heterocycles. The third-order valence-corrected chi connectivity index (χ3v) is 5.18. The van der Waals surface area contributed by atoms with Gasteiger partial charge < -0.3 is 19.4 Å². The molecule has 1 aliphatic heterocycles. The van der Waals surface area contributed by atoms with E-state index in [9.17, 15) is 4.79 Å². The average Bonchev–Trinajstić information content (AvgIpc) is 3.36. The van der Waals surface area contributed by atoms with Crippen molar-refractivity contribution < 1.29 is 14.3 Å². The number of carbonyl (C=O) groups is 1. The molecule has 1 aliphatic rings. The predicted molar refractivity (Wildman–Crippen MR) is 114 cm³/mol. The van der Waals surface area contributed by atoms with Crippen molar-refractivity contribution in [1.29, 1.82) is 0 Å². The van der Waals surface area contributed by atoms with E-state index in [2.05, 4.69) is 28.2 Å². The Morgan fingerprint density at radius 2 is 1.90 bits per heavy atom. The van der Waals surface area contributed by atoms with Crippen LogP contribution in [0.1, 0.15) is 44.2 Å². The Balaban J connectivity index is 1.50. The molecular weight excluding hydrogens is 388 g/mol. The van der Waals surface area contributed by atoms with E-state index in [1.165, 1.54) is 0 Å². The van der Waals surface area contributed by atoms with Crippen molar-refractivity contribution in [3.8, 4) is 0 Å². The molecule has 1 amide bonds. The number of hydrogen-bond acceptors (Lipinski definition) is 3. The van der Waals surface area contributed by atoms with Crippen molar-refractivity contribution in [2.75, 3.05) is 6.54 Å². The van der Waals surface area contributed by atoms with Crippen molar-refractivity contribution in [3.05, 3.63) is 70.9 Å². The number of ether oxygens (including phenoxy) is 2. The third-order valence-electron chi connectivity index (χ3n) is 4.84. The number of para-hydroxylation sites is 1. The summed E-state index contributed by atoms with van der Waals surface area (Å²) >= 11 is 6.34. The molecule has 3 aromatic rings. The monoisotopic (exact) mass is 412 g/mol.